The zero-order chi connectivity index (χ0) is 14.0. The van der Waals surface area contributed by atoms with Gasteiger partial charge in [0, 0.05) is 5.56 Å². The van der Waals surface area contributed by atoms with Crippen LogP contribution in [-0.4, -0.2) is 37.1 Å². The molecule has 0 aromatic heterocycles. The van der Waals surface area contributed by atoms with Crippen LogP contribution in [0.4, 0.5) is 0 Å². The van der Waals surface area contributed by atoms with E-state index in [4.69, 9.17) is 15.7 Å². The van der Waals surface area contributed by atoms with Crippen molar-refractivity contribution in [3.05, 3.63) is 29.3 Å². The SMILES string of the molecule is Cc1ccc(/C(N)=N/O)cc1OC1CCS(=O)(=O)C1. The first-order valence-corrected chi connectivity index (χ1v) is 7.69. The molecule has 1 atom stereocenters. The maximum Gasteiger partial charge on any atom is 0.170 e. The first-order chi connectivity index (χ1) is 8.91. The van der Waals surface area contributed by atoms with Gasteiger partial charge >= 0.3 is 0 Å². The maximum atomic E-state index is 11.4. The topological polar surface area (TPSA) is 102 Å². The van der Waals surface area contributed by atoms with E-state index in [1.54, 1.807) is 18.2 Å². The lowest BCUT2D eigenvalue weighted by Crippen LogP contribution is -2.19. The number of benzene rings is 1. The van der Waals surface area contributed by atoms with Gasteiger partial charge in [0.1, 0.15) is 11.9 Å². The van der Waals surface area contributed by atoms with Gasteiger partial charge < -0.3 is 15.7 Å². The second kappa shape index (κ2) is 5.08. The number of nitrogens with two attached hydrogens (primary N) is 1. The van der Waals surface area contributed by atoms with E-state index in [-0.39, 0.29) is 23.4 Å². The second-order valence-corrected chi connectivity index (χ2v) is 6.84. The van der Waals surface area contributed by atoms with E-state index in [1.807, 2.05) is 6.92 Å². The fourth-order valence-electron chi connectivity index (χ4n) is 1.98. The van der Waals surface area contributed by atoms with Gasteiger partial charge in [0.2, 0.25) is 0 Å². The van der Waals surface area contributed by atoms with E-state index < -0.39 is 9.84 Å². The molecule has 7 heteroatoms. The van der Waals surface area contributed by atoms with E-state index in [9.17, 15) is 8.42 Å². The first kappa shape index (κ1) is 13.7. The van der Waals surface area contributed by atoms with Crippen LogP contribution in [0.15, 0.2) is 23.4 Å². The van der Waals surface area contributed by atoms with Crippen molar-refractivity contribution in [2.45, 2.75) is 19.4 Å². The molecule has 6 nitrogen and oxygen atoms in total. The fourth-order valence-corrected chi connectivity index (χ4v) is 3.57. The minimum Gasteiger partial charge on any atom is -0.489 e. The quantitative estimate of drug-likeness (QED) is 0.367. The Bertz CT molecular complexity index is 610. The highest BCUT2D eigenvalue weighted by molar-refractivity contribution is 7.91. The van der Waals surface area contributed by atoms with Crippen molar-refractivity contribution in [1.82, 2.24) is 0 Å². The first-order valence-electron chi connectivity index (χ1n) is 5.87. The van der Waals surface area contributed by atoms with E-state index in [2.05, 4.69) is 5.16 Å². The molecule has 1 aliphatic rings. The largest absolute Gasteiger partial charge is 0.489 e. The monoisotopic (exact) mass is 284 g/mol. The summed E-state index contributed by atoms with van der Waals surface area (Å²) >= 11 is 0. The molecule has 0 aliphatic carbocycles. The Hall–Kier alpha value is -1.76. The Morgan fingerprint density at radius 2 is 2.26 bits per heavy atom. The molecule has 1 aromatic rings. The number of sulfone groups is 1. The number of hydrogen-bond donors (Lipinski definition) is 2. The number of ether oxygens (including phenoxy) is 1. The summed E-state index contributed by atoms with van der Waals surface area (Å²) in [6, 6.07) is 5.14. The Labute approximate surface area is 111 Å². The van der Waals surface area contributed by atoms with Crippen molar-refractivity contribution in [2.75, 3.05) is 11.5 Å². The number of nitrogens with zero attached hydrogens (tertiary/aromatic N) is 1. The summed E-state index contributed by atoms with van der Waals surface area (Å²) in [7, 11) is -2.97. The second-order valence-electron chi connectivity index (χ2n) is 4.61. The molecule has 1 heterocycles. The van der Waals surface area contributed by atoms with Gasteiger partial charge in [0.15, 0.2) is 15.7 Å². The summed E-state index contributed by atoms with van der Waals surface area (Å²) < 4.78 is 28.5. The highest BCUT2D eigenvalue weighted by Crippen LogP contribution is 2.24. The average Bonchev–Trinajstić information content (AvgIpc) is 2.70. The van der Waals surface area contributed by atoms with Gasteiger partial charge in [-0.05, 0) is 25.0 Å². The van der Waals surface area contributed by atoms with Crippen molar-refractivity contribution < 1.29 is 18.4 Å². The molecule has 1 saturated heterocycles. The molecule has 0 radical (unpaired) electrons. The van der Waals surface area contributed by atoms with Crippen LogP contribution in [0.3, 0.4) is 0 Å². The summed E-state index contributed by atoms with van der Waals surface area (Å²) in [6.07, 6.45) is 0.168. The lowest BCUT2D eigenvalue weighted by molar-refractivity contribution is 0.227. The van der Waals surface area contributed by atoms with Gasteiger partial charge in [-0.3, -0.25) is 0 Å². The molecular formula is C12H16N2O4S. The van der Waals surface area contributed by atoms with E-state index in [0.717, 1.165) is 5.56 Å². The third-order valence-corrected chi connectivity index (χ3v) is 4.81. The molecule has 1 aromatic carbocycles. The van der Waals surface area contributed by atoms with E-state index >= 15 is 0 Å². The Morgan fingerprint density at radius 1 is 1.53 bits per heavy atom. The van der Waals surface area contributed by atoms with Crippen LogP contribution in [0.5, 0.6) is 5.75 Å². The molecule has 19 heavy (non-hydrogen) atoms. The smallest absolute Gasteiger partial charge is 0.170 e. The molecular weight excluding hydrogens is 268 g/mol. The lowest BCUT2D eigenvalue weighted by atomic mass is 10.1. The predicted molar refractivity (Wildman–Crippen MR) is 71.4 cm³/mol. The van der Waals surface area contributed by atoms with Gasteiger partial charge in [-0.1, -0.05) is 17.3 Å². The summed E-state index contributed by atoms with van der Waals surface area (Å²) in [5.74, 6) is 0.756. The average molecular weight is 284 g/mol. The van der Waals surface area contributed by atoms with E-state index in [1.165, 1.54) is 0 Å². The van der Waals surface area contributed by atoms with Crippen LogP contribution in [0, 0.1) is 6.92 Å². The van der Waals surface area contributed by atoms with Crippen LogP contribution in [0.1, 0.15) is 17.5 Å². The molecule has 1 unspecified atom stereocenters. The van der Waals surface area contributed by atoms with Crippen LogP contribution in [-0.2, 0) is 9.84 Å². The van der Waals surface area contributed by atoms with Crippen LogP contribution >= 0.6 is 0 Å². The van der Waals surface area contributed by atoms with Crippen molar-refractivity contribution in [3.63, 3.8) is 0 Å². The summed E-state index contributed by atoms with van der Waals surface area (Å²) in [5, 5.41) is 11.6. The minimum absolute atomic E-state index is 0.0103. The molecule has 1 fully saturated rings. The Balaban J connectivity index is 2.21. The van der Waals surface area contributed by atoms with Gasteiger partial charge in [-0.25, -0.2) is 8.42 Å². The highest BCUT2D eigenvalue weighted by atomic mass is 32.2. The Kier molecular flexibility index (Phi) is 3.66. The predicted octanol–water partition coefficient (Wildman–Crippen LogP) is 0.655. The van der Waals surface area contributed by atoms with Crippen LogP contribution in [0.25, 0.3) is 0 Å². The molecule has 104 valence electrons. The molecule has 0 bridgehead atoms. The number of aryl methyl sites for hydroxylation is 1. The molecule has 0 amide bonds. The summed E-state index contributed by atoms with van der Waals surface area (Å²) in [5.41, 5.74) is 6.92. The molecule has 3 N–H and O–H groups in total. The minimum atomic E-state index is -2.97. The fraction of sp³-hybridized carbons (Fsp3) is 0.417. The third kappa shape index (κ3) is 3.17. The normalized spacial score (nSPS) is 22.4. The molecule has 2 rings (SSSR count). The summed E-state index contributed by atoms with van der Waals surface area (Å²) in [6.45, 7) is 1.86. The number of hydrogen-bond acceptors (Lipinski definition) is 5. The van der Waals surface area contributed by atoms with Gasteiger partial charge in [0.05, 0.1) is 11.5 Å². The zero-order valence-corrected chi connectivity index (χ0v) is 11.4. The molecule has 0 spiro atoms. The van der Waals surface area contributed by atoms with Crippen molar-refractivity contribution in [2.24, 2.45) is 10.9 Å². The molecule has 1 aliphatic heterocycles. The summed E-state index contributed by atoms with van der Waals surface area (Å²) in [4.78, 5) is 0. The van der Waals surface area contributed by atoms with Crippen LogP contribution in [0.2, 0.25) is 0 Å². The zero-order valence-electron chi connectivity index (χ0n) is 10.5. The van der Waals surface area contributed by atoms with Gasteiger partial charge in [-0.2, -0.15) is 0 Å². The third-order valence-electron chi connectivity index (χ3n) is 3.08. The van der Waals surface area contributed by atoms with Crippen molar-refractivity contribution >= 4 is 15.7 Å². The van der Waals surface area contributed by atoms with Crippen molar-refractivity contribution in [1.29, 1.82) is 0 Å². The molecule has 0 saturated carbocycles. The lowest BCUT2D eigenvalue weighted by Gasteiger charge is -2.15. The van der Waals surface area contributed by atoms with Gasteiger partial charge in [-0.15, -0.1) is 0 Å². The Morgan fingerprint density at radius 3 is 2.84 bits per heavy atom. The number of amidine groups is 1. The standard InChI is InChI=1S/C12H16N2O4S/c1-8-2-3-9(12(13)14-15)6-11(8)18-10-4-5-19(16,17)7-10/h2-3,6,10,15H,4-5,7H2,1H3,(H2,13,14). The van der Waals surface area contributed by atoms with Crippen LogP contribution < -0.4 is 10.5 Å². The van der Waals surface area contributed by atoms with Gasteiger partial charge in [0.25, 0.3) is 0 Å². The number of rotatable bonds is 3. The highest BCUT2D eigenvalue weighted by Gasteiger charge is 2.29. The maximum absolute atomic E-state index is 11.4. The number of oxime groups is 1. The van der Waals surface area contributed by atoms with E-state index in [0.29, 0.717) is 17.7 Å². The van der Waals surface area contributed by atoms with Crippen molar-refractivity contribution in [3.8, 4) is 5.75 Å².